The molecule has 0 aliphatic rings. The fourth-order valence-electron chi connectivity index (χ4n) is 1.41. The van der Waals surface area contributed by atoms with Crippen LogP contribution < -0.4 is 0 Å². The monoisotopic (exact) mass is 456 g/mol. The van der Waals surface area contributed by atoms with Crippen LogP contribution in [-0.4, -0.2) is 31.3 Å². The number of carbonyl (C=O) groups is 1. The van der Waals surface area contributed by atoms with Crippen LogP contribution in [0, 0.1) is 5.70 Å². The van der Waals surface area contributed by atoms with Gasteiger partial charge in [0.15, 0.2) is 0 Å². The Bertz CT molecular complexity index is 392. The van der Waals surface area contributed by atoms with Crippen molar-refractivity contribution in [3.63, 3.8) is 0 Å². The number of hydrogen-bond donors (Lipinski definition) is 1. The Balaban J connectivity index is -0.000000354. The molecule has 0 aliphatic heterocycles. The van der Waals surface area contributed by atoms with Gasteiger partial charge in [-0.15, -0.1) is 0 Å². The molecule has 0 aromatic rings. The van der Waals surface area contributed by atoms with Crippen LogP contribution in [0.15, 0.2) is 18.4 Å². The molecule has 0 fully saturated rings. The molecule has 10 heteroatoms. The Kier molecular flexibility index (Phi) is 13.2. The van der Waals surface area contributed by atoms with Gasteiger partial charge in [-0.1, -0.05) is 47.0 Å². The van der Waals surface area contributed by atoms with Crippen molar-refractivity contribution in [2.75, 3.05) is 0 Å². The third-order valence-corrected chi connectivity index (χ3v) is 8.05. The van der Waals surface area contributed by atoms with Gasteiger partial charge in [-0.25, -0.2) is 0 Å². The maximum Gasteiger partial charge on any atom is 1.00 e. The molecule has 0 rings (SSSR count). The largest absolute Gasteiger partial charge is 1.00 e. The number of aliphatic hydroxyl groups excluding tert-OH is 1. The molecule has 0 radical (unpaired) electrons. The molecule has 0 aromatic carbocycles. The van der Waals surface area contributed by atoms with E-state index in [4.69, 9.17) is 5.11 Å². The minimum absolute atomic E-state index is 0. The molecule has 0 aliphatic carbocycles. The predicted molar refractivity (Wildman–Crippen MR) is 73.9 cm³/mol. The van der Waals surface area contributed by atoms with Gasteiger partial charge in [-0.05, 0) is 0 Å². The van der Waals surface area contributed by atoms with E-state index in [2.05, 4.69) is 33.0 Å². The average molecular weight is 457 g/mol. The van der Waals surface area contributed by atoms with E-state index in [-0.39, 0.29) is 22.4 Å². The van der Waals surface area contributed by atoms with Gasteiger partial charge in [0, 0.05) is 6.08 Å². The van der Waals surface area contributed by atoms with Gasteiger partial charge >= 0.3 is 34.7 Å². The van der Waals surface area contributed by atoms with Crippen molar-refractivity contribution in [3.05, 3.63) is 24.1 Å². The van der Waals surface area contributed by atoms with E-state index in [0.717, 1.165) is 0 Å². The van der Waals surface area contributed by atoms with E-state index in [1.807, 2.05) is 0 Å². The summed E-state index contributed by atoms with van der Waals surface area (Å²) < 4.78 is 68.1. The Labute approximate surface area is 148 Å². The van der Waals surface area contributed by atoms with Crippen LogP contribution in [0.25, 0.3) is 0 Å². The first-order valence-corrected chi connectivity index (χ1v) is 9.05. The summed E-state index contributed by atoms with van der Waals surface area (Å²) in [5, 5.41) is 7.93. The summed E-state index contributed by atoms with van der Waals surface area (Å²) in [6, 6.07) is 3.93. The molecule has 0 amide bonds. The molecule has 0 saturated carbocycles. The van der Waals surface area contributed by atoms with Crippen molar-refractivity contribution < 1.29 is 58.6 Å². The molecule has 2 nitrogen and oxygen atoms in total. The number of rotatable bonds is 5. The number of allylic oxidation sites excluding steroid dienone is 2. The predicted octanol–water partition coefficient (Wildman–Crippen LogP) is 5.14. The van der Waals surface area contributed by atoms with E-state index in [1.165, 1.54) is 18.1 Å². The number of ketones is 1. The van der Waals surface area contributed by atoms with Gasteiger partial charge < -0.3 is 10.8 Å². The summed E-state index contributed by atoms with van der Waals surface area (Å²) in [4.78, 5) is 9.86. The molecule has 140 valence electrons. The normalized spacial score (nSPS) is 12.7. The SMILES string of the molecule is C=[C-][Si](CC)(CC)CC.O=C(/C=C(\O)C(F)(F)F)C(F)(F)F.[Ag+]. The van der Waals surface area contributed by atoms with Gasteiger partial charge in [0.25, 0.3) is 5.78 Å². The van der Waals surface area contributed by atoms with Crippen molar-refractivity contribution in [2.45, 2.75) is 51.3 Å². The van der Waals surface area contributed by atoms with Crippen molar-refractivity contribution in [1.29, 1.82) is 0 Å². The number of hydrogen-bond acceptors (Lipinski definition) is 2. The molecule has 0 saturated heterocycles. The van der Waals surface area contributed by atoms with Crippen LogP contribution in [-0.2, 0) is 27.2 Å². The summed E-state index contributed by atoms with van der Waals surface area (Å²) in [6.07, 6.45) is -11.7. The van der Waals surface area contributed by atoms with Gasteiger partial charge in [-0.2, -0.15) is 26.3 Å². The summed E-state index contributed by atoms with van der Waals surface area (Å²) in [7, 11) is -1.05. The average Bonchev–Trinajstić information content (AvgIpc) is 2.40. The zero-order chi connectivity index (χ0) is 18.2. The standard InChI is InChI=1S/C8H17Si.C5H2F6O2.Ag/c1-5-9(6-2,7-3)8-4;6-4(7,8)2(12)1-3(13)5(9,10)11;/h1,6-8H2,2-4H3;1,12H;/q-1;;+1/b;2-1-;. The number of aliphatic hydroxyl groups is 1. The van der Waals surface area contributed by atoms with E-state index >= 15 is 0 Å². The summed E-state index contributed by atoms with van der Waals surface area (Å²) >= 11 is 0. The van der Waals surface area contributed by atoms with E-state index in [0.29, 0.717) is 0 Å². The van der Waals surface area contributed by atoms with Crippen LogP contribution >= 0.6 is 0 Å². The molecule has 0 heterocycles. The second-order valence-corrected chi connectivity index (χ2v) is 9.44. The Morgan fingerprint density at radius 2 is 1.39 bits per heavy atom. The molecule has 0 atom stereocenters. The van der Waals surface area contributed by atoms with Gasteiger partial charge in [-0.3, -0.25) is 11.4 Å². The minimum atomic E-state index is -5.42. The molecular weight excluding hydrogens is 438 g/mol. The first-order valence-electron chi connectivity index (χ1n) is 6.42. The van der Waals surface area contributed by atoms with Crippen molar-refractivity contribution in [2.24, 2.45) is 0 Å². The van der Waals surface area contributed by atoms with E-state index in [1.54, 1.807) is 0 Å². The second-order valence-electron chi connectivity index (χ2n) is 4.41. The third kappa shape index (κ3) is 10.8. The second kappa shape index (κ2) is 11.1. The van der Waals surface area contributed by atoms with Gasteiger partial charge in [0.05, 0.1) is 0 Å². The van der Waals surface area contributed by atoms with Crippen molar-refractivity contribution in [3.8, 4) is 0 Å². The topological polar surface area (TPSA) is 37.3 Å². The van der Waals surface area contributed by atoms with E-state index < -0.39 is 38.0 Å². The fourth-order valence-corrected chi connectivity index (χ4v) is 3.66. The molecule has 0 bridgehead atoms. The number of carbonyl (C=O) groups excluding carboxylic acids is 1. The molecular formula is C13H19AgF6O2Si. The number of halogens is 6. The minimum Gasteiger partial charge on any atom is -0.504 e. The summed E-state index contributed by atoms with van der Waals surface area (Å²) in [5.74, 6) is -5.34. The van der Waals surface area contributed by atoms with Crippen LogP contribution in [0.4, 0.5) is 26.3 Å². The van der Waals surface area contributed by atoms with Crippen LogP contribution in [0.1, 0.15) is 20.8 Å². The van der Waals surface area contributed by atoms with Crippen LogP contribution in [0.3, 0.4) is 0 Å². The van der Waals surface area contributed by atoms with Gasteiger partial charge in [0.2, 0.25) is 5.76 Å². The smallest absolute Gasteiger partial charge is 0.504 e. The maximum atomic E-state index is 11.4. The van der Waals surface area contributed by atoms with Crippen LogP contribution in [0.5, 0.6) is 0 Å². The quantitative estimate of drug-likeness (QED) is 0.204. The summed E-state index contributed by atoms with van der Waals surface area (Å²) in [6.45, 7) is 10.6. The zero-order valence-corrected chi connectivity index (χ0v) is 15.3. The molecule has 0 unspecified atom stereocenters. The van der Waals surface area contributed by atoms with E-state index in [9.17, 15) is 31.1 Å². The molecule has 0 aromatic heterocycles. The third-order valence-electron chi connectivity index (χ3n) is 3.24. The Hall–Kier alpha value is -0.513. The van der Waals surface area contributed by atoms with Crippen molar-refractivity contribution in [1.82, 2.24) is 0 Å². The summed E-state index contributed by atoms with van der Waals surface area (Å²) in [5.41, 5.74) is 3.25. The maximum absolute atomic E-state index is 11.4. The molecule has 23 heavy (non-hydrogen) atoms. The van der Waals surface area contributed by atoms with Crippen LogP contribution in [0.2, 0.25) is 18.1 Å². The first kappa shape index (κ1) is 27.3. The molecule has 0 spiro atoms. The number of alkyl halides is 6. The first-order chi connectivity index (χ1) is 9.79. The molecule has 1 N–H and O–H groups in total. The zero-order valence-electron chi connectivity index (χ0n) is 12.8. The Morgan fingerprint density at radius 1 is 1.04 bits per heavy atom. The Morgan fingerprint density at radius 3 is 1.52 bits per heavy atom. The van der Waals surface area contributed by atoms with Gasteiger partial charge in [0.1, 0.15) is 0 Å². The van der Waals surface area contributed by atoms with Crippen molar-refractivity contribution >= 4 is 13.9 Å². The fraction of sp³-hybridized carbons (Fsp3) is 0.615.